The van der Waals surface area contributed by atoms with Crippen LogP contribution in [0.4, 0.5) is 4.39 Å². The van der Waals surface area contributed by atoms with E-state index in [-0.39, 0.29) is 12.4 Å². The second kappa shape index (κ2) is 8.40. The van der Waals surface area contributed by atoms with E-state index in [1.807, 2.05) is 37.4 Å². The Bertz CT molecular complexity index is 1110. The van der Waals surface area contributed by atoms with E-state index in [1.54, 1.807) is 30.0 Å². The minimum Gasteiger partial charge on any atom is -0.467 e. The number of ether oxygens (including phenoxy) is 1. The fraction of sp³-hybridized carbons (Fsp3) is 0.143. The van der Waals surface area contributed by atoms with Crippen LogP contribution in [-0.2, 0) is 6.61 Å². The number of thioether (sulfide) groups is 1. The lowest BCUT2D eigenvalue weighted by Gasteiger charge is -2.06. The van der Waals surface area contributed by atoms with Crippen molar-refractivity contribution >= 4 is 11.8 Å². The molecule has 0 saturated heterocycles. The smallest absolute Gasteiger partial charge is 0.264 e. The molecule has 0 fully saturated rings. The maximum atomic E-state index is 13.1. The third kappa shape index (κ3) is 4.60. The van der Waals surface area contributed by atoms with E-state index in [1.165, 1.54) is 12.1 Å². The summed E-state index contributed by atoms with van der Waals surface area (Å²) in [5.41, 5.74) is 2.30. The summed E-state index contributed by atoms with van der Waals surface area (Å²) in [6, 6.07) is 15.6. The van der Waals surface area contributed by atoms with Gasteiger partial charge in [0, 0.05) is 27.8 Å². The molecule has 2 aromatic heterocycles. The van der Waals surface area contributed by atoms with E-state index >= 15 is 0 Å². The van der Waals surface area contributed by atoms with Crippen molar-refractivity contribution in [2.24, 2.45) is 0 Å². The predicted octanol–water partition coefficient (Wildman–Crippen LogP) is 4.94. The Morgan fingerprint density at radius 3 is 2.34 bits per heavy atom. The summed E-state index contributed by atoms with van der Waals surface area (Å²) in [6.45, 7) is 1.92. The minimum atomic E-state index is -0.312. The highest BCUT2D eigenvalue weighted by Crippen LogP contribution is 2.22. The van der Waals surface area contributed by atoms with Crippen molar-refractivity contribution in [3.8, 4) is 28.7 Å². The molecule has 0 bridgehead atoms. The number of halogens is 1. The fourth-order valence-electron chi connectivity index (χ4n) is 2.65. The van der Waals surface area contributed by atoms with E-state index in [0.717, 1.165) is 16.2 Å². The highest BCUT2D eigenvalue weighted by molar-refractivity contribution is 7.98. The van der Waals surface area contributed by atoms with Gasteiger partial charge >= 0.3 is 0 Å². The van der Waals surface area contributed by atoms with Gasteiger partial charge in [0.25, 0.3) is 5.89 Å². The molecule has 4 rings (SSSR count). The Balaban J connectivity index is 1.48. The van der Waals surface area contributed by atoms with Gasteiger partial charge < -0.3 is 9.26 Å². The van der Waals surface area contributed by atoms with Gasteiger partial charge in [-0.15, -0.1) is 11.8 Å². The molecule has 0 N–H and O–H groups in total. The largest absolute Gasteiger partial charge is 0.467 e. The van der Waals surface area contributed by atoms with E-state index in [2.05, 4.69) is 20.1 Å². The zero-order chi connectivity index (χ0) is 20.2. The summed E-state index contributed by atoms with van der Waals surface area (Å²) in [6.07, 6.45) is 2.02. The van der Waals surface area contributed by atoms with Crippen molar-refractivity contribution in [2.75, 3.05) is 6.26 Å². The molecule has 8 heteroatoms. The second-order valence-electron chi connectivity index (χ2n) is 6.21. The SMILES string of the molecule is CSc1ccc(-c2noc(COc3cc(C)nc(-c4ccc(F)cc4)n3)n2)cc1. The molecule has 2 aromatic carbocycles. The van der Waals surface area contributed by atoms with Crippen LogP contribution in [0.2, 0.25) is 0 Å². The third-order valence-corrected chi connectivity index (χ3v) is 4.84. The van der Waals surface area contributed by atoms with Gasteiger partial charge in [-0.2, -0.15) is 9.97 Å². The van der Waals surface area contributed by atoms with E-state index < -0.39 is 0 Å². The number of rotatable bonds is 6. The van der Waals surface area contributed by atoms with Crippen LogP contribution in [0.3, 0.4) is 0 Å². The van der Waals surface area contributed by atoms with E-state index in [0.29, 0.717) is 29.0 Å². The molecule has 6 nitrogen and oxygen atoms in total. The Kier molecular flexibility index (Phi) is 5.53. The van der Waals surface area contributed by atoms with Crippen molar-refractivity contribution < 1.29 is 13.7 Å². The number of hydrogen-bond donors (Lipinski definition) is 0. The van der Waals surface area contributed by atoms with Crippen molar-refractivity contribution in [1.82, 2.24) is 20.1 Å². The standard InChI is InChI=1S/C21H17FN4O2S/c1-13-11-18(24-20(23-13)14-3-7-16(22)8-4-14)27-12-19-25-21(26-28-19)15-5-9-17(29-2)10-6-15/h3-11H,12H2,1-2H3. The third-order valence-electron chi connectivity index (χ3n) is 4.09. The summed E-state index contributed by atoms with van der Waals surface area (Å²) in [7, 11) is 0. The van der Waals surface area contributed by atoms with Crippen molar-refractivity contribution in [3.63, 3.8) is 0 Å². The van der Waals surface area contributed by atoms with Crippen LogP contribution in [0.1, 0.15) is 11.6 Å². The number of benzene rings is 2. The lowest BCUT2D eigenvalue weighted by atomic mass is 10.2. The summed E-state index contributed by atoms with van der Waals surface area (Å²) in [5.74, 6) is 1.37. The molecule has 0 aliphatic heterocycles. The van der Waals surface area contributed by atoms with Crippen LogP contribution in [0, 0.1) is 12.7 Å². The van der Waals surface area contributed by atoms with Crippen LogP contribution in [0.25, 0.3) is 22.8 Å². The Hall–Kier alpha value is -3.26. The van der Waals surface area contributed by atoms with Crippen LogP contribution in [0.15, 0.2) is 64.0 Å². The molecule has 0 aliphatic carbocycles. The number of aromatic nitrogens is 4. The van der Waals surface area contributed by atoms with Gasteiger partial charge in [-0.05, 0) is 61.7 Å². The number of hydrogen-bond acceptors (Lipinski definition) is 7. The van der Waals surface area contributed by atoms with Gasteiger partial charge in [0.1, 0.15) is 5.82 Å². The molecule has 2 heterocycles. The molecule has 0 amide bonds. The zero-order valence-corrected chi connectivity index (χ0v) is 16.6. The minimum absolute atomic E-state index is 0.0786. The maximum absolute atomic E-state index is 13.1. The Labute approximate surface area is 171 Å². The first-order valence-electron chi connectivity index (χ1n) is 8.82. The topological polar surface area (TPSA) is 73.9 Å². The molecule has 146 valence electrons. The number of aryl methyl sites for hydroxylation is 1. The first kappa shape index (κ1) is 19.1. The molecular formula is C21H17FN4O2S. The molecule has 29 heavy (non-hydrogen) atoms. The van der Waals surface area contributed by atoms with E-state index in [4.69, 9.17) is 9.26 Å². The highest BCUT2D eigenvalue weighted by Gasteiger charge is 2.11. The lowest BCUT2D eigenvalue weighted by Crippen LogP contribution is -2.01. The average Bonchev–Trinajstić information content (AvgIpc) is 3.21. The van der Waals surface area contributed by atoms with E-state index in [9.17, 15) is 4.39 Å². The average molecular weight is 408 g/mol. The quantitative estimate of drug-likeness (QED) is 0.418. The van der Waals surface area contributed by atoms with Crippen LogP contribution < -0.4 is 4.74 Å². The van der Waals surface area contributed by atoms with Crippen LogP contribution >= 0.6 is 11.8 Å². The van der Waals surface area contributed by atoms with Gasteiger partial charge in [-0.25, -0.2) is 9.37 Å². The second-order valence-corrected chi connectivity index (χ2v) is 7.09. The fourth-order valence-corrected chi connectivity index (χ4v) is 3.06. The molecule has 0 aliphatic rings. The van der Waals surface area contributed by atoms with Gasteiger partial charge in [0.15, 0.2) is 12.4 Å². The van der Waals surface area contributed by atoms with Gasteiger partial charge in [0.2, 0.25) is 11.7 Å². The summed E-state index contributed by atoms with van der Waals surface area (Å²) in [4.78, 5) is 14.3. The molecule has 0 atom stereocenters. The molecule has 0 unspecified atom stereocenters. The van der Waals surface area contributed by atoms with Crippen LogP contribution in [-0.4, -0.2) is 26.4 Å². The van der Waals surface area contributed by atoms with Crippen molar-refractivity contribution in [1.29, 1.82) is 0 Å². The van der Waals surface area contributed by atoms with Gasteiger partial charge in [-0.3, -0.25) is 0 Å². The molecule has 0 radical (unpaired) electrons. The summed E-state index contributed by atoms with van der Waals surface area (Å²) in [5, 5.41) is 4.00. The number of nitrogens with zero attached hydrogens (tertiary/aromatic N) is 4. The summed E-state index contributed by atoms with van der Waals surface area (Å²) < 4.78 is 24.1. The predicted molar refractivity (Wildman–Crippen MR) is 108 cm³/mol. The van der Waals surface area contributed by atoms with Crippen molar-refractivity contribution in [3.05, 3.63) is 72.0 Å². The molecule has 4 aromatic rings. The highest BCUT2D eigenvalue weighted by atomic mass is 32.2. The summed E-state index contributed by atoms with van der Waals surface area (Å²) >= 11 is 1.67. The van der Waals surface area contributed by atoms with Gasteiger partial charge in [0.05, 0.1) is 0 Å². The lowest BCUT2D eigenvalue weighted by molar-refractivity contribution is 0.235. The first-order chi connectivity index (χ1) is 14.1. The molecular weight excluding hydrogens is 391 g/mol. The van der Waals surface area contributed by atoms with Crippen LogP contribution in [0.5, 0.6) is 5.88 Å². The monoisotopic (exact) mass is 408 g/mol. The normalized spacial score (nSPS) is 10.9. The van der Waals surface area contributed by atoms with Gasteiger partial charge in [-0.1, -0.05) is 5.16 Å². The zero-order valence-electron chi connectivity index (χ0n) is 15.8. The van der Waals surface area contributed by atoms with Crippen molar-refractivity contribution in [2.45, 2.75) is 18.4 Å². The Morgan fingerprint density at radius 1 is 0.931 bits per heavy atom. The Morgan fingerprint density at radius 2 is 1.62 bits per heavy atom. The maximum Gasteiger partial charge on any atom is 0.264 e. The molecule has 0 spiro atoms. The molecule has 0 saturated carbocycles. The first-order valence-corrected chi connectivity index (χ1v) is 10.0.